The van der Waals surface area contributed by atoms with Crippen LogP contribution in [-0.4, -0.2) is 20.9 Å². The van der Waals surface area contributed by atoms with E-state index >= 15 is 0 Å². The van der Waals surface area contributed by atoms with E-state index in [1.54, 1.807) is 29.5 Å². The fraction of sp³-hybridized carbons (Fsp3) is 0.111. The van der Waals surface area contributed by atoms with Crippen LogP contribution < -0.4 is 5.43 Å². The van der Waals surface area contributed by atoms with Crippen LogP contribution in [0.4, 0.5) is 0 Å². The zero-order valence-corrected chi connectivity index (χ0v) is 12.7. The summed E-state index contributed by atoms with van der Waals surface area (Å²) in [5.41, 5.74) is 6.88. The first-order chi connectivity index (χ1) is 11.2. The summed E-state index contributed by atoms with van der Waals surface area (Å²) in [6, 6.07) is 11.4. The predicted octanol–water partition coefficient (Wildman–Crippen LogP) is 3.17. The van der Waals surface area contributed by atoms with E-state index in [4.69, 9.17) is 0 Å². The number of H-pyrrole nitrogens is 1. The minimum absolute atomic E-state index is 0.0734. The molecule has 5 nitrogen and oxygen atoms in total. The highest BCUT2D eigenvalue weighted by atomic mass is 16.2. The van der Waals surface area contributed by atoms with Gasteiger partial charge in [-0.15, -0.1) is 0 Å². The molecule has 1 atom stereocenters. The molecule has 3 heterocycles. The van der Waals surface area contributed by atoms with Crippen LogP contribution in [0.15, 0.2) is 66.8 Å². The molecule has 0 bridgehead atoms. The number of hydrogen-bond donors (Lipinski definition) is 2. The number of hydrazine groups is 1. The van der Waals surface area contributed by atoms with E-state index in [2.05, 4.69) is 27.5 Å². The van der Waals surface area contributed by atoms with Crippen molar-refractivity contribution in [3.63, 3.8) is 0 Å². The summed E-state index contributed by atoms with van der Waals surface area (Å²) in [7, 11) is 0. The Bertz CT molecular complexity index is 898. The molecule has 114 valence electrons. The lowest BCUT2D eigenvalue weighted by Gasteiger charge is -2.25. The van der Waals surface area contributed by atoms with Crippen LogP contribution in [0.2, 0.25) is 0 Å². The summed E-state index contributed by atoms with van der Waals surface area (Å²) in [4.78, 5) is 20.1. The van der Waals surface area contributed by atoms with Gasteiger partial charge in [0.25, 0.3) is 5.91 Å². The number of benzene rings is 1. The molecular weight excluding hydrogens is 288 g/mol. The largest absolute Gasteiger partial charge is 0.361 e. The molecular formula is C18H16N4O. The zero-order valence-electron chi connectivity index (χ0n) is 12.7. The third-order valence-electron chi connectivity index (χ3n) is 4.07. The molecule has 23 heavy (non-hydrogen) atoms. The highest BCUT2D eigenvalue weighted by molar-refractivity contribution is 5.95. The number of rotatable bonds is 2. The van der Waals surface area contributed by atoms with Gasteiger partial charge in [-0.1, -0.05) is 18.2 Å². The van der Waals surface area contributed by atoms with Crippen molar-refractivity contribution in [2.24, 2.45) is 0 Å². The lowest BCUT2D eigenvalue weighted by Crippen LogP contribution is -2.39. The molecule has 1 unspecified atom stereocenters. The molecule has 0 saturated carbocycles. The molecule has 0 radical (unpaired) electrons. The van der Waals surface area contributed by atoms with Gasteiger partial charge in [0.05, 0.1) is 0 Å². The van der Waals surface area contributed by atoms with Gasteiger partial charge in [-0.05, 0) is 31.2 Å². The first kappa shape index (κ1) is 13.6. The van der Waals surface area contributed by atoms with Crippen LogP contribution in [0.25, 0.3) is 10.9 Å². The van der Waals surface area contributed by atoms with E-state index < -0.39 is 0 Å². The first-order valence-electron chi connectivity index (χ1n) is 7.49. The van der Waals surface area contributed by atoms with E-state index in [0.29, 0.717) is 5.56 Å². The van der Waals surface area contributed by atoms with Crippen molar-refractivity contribution in [2.75, 3.05) is 0 Å². The Morgan fingerprint density at radius 1 is 1.17 bits per heavy atom. The Labute approximate surface area is 133 Å². The minimum atomic E-state index is -0.146. The second kappa shape index (κ2) is 5.28. The molecule has 1 amide bonds. The first-order valence-corrected chi connectivity index (χ1v) is 7.49. The summed E-state index contributed by atoms with van der Waals surface area (Å²) in [6.07, 6.45) is 7.29. The van der Waals surface area contributed by atoms with E-state index in [1.807, 2.05) is 31.3 Å². The number of nitrogens with zero attached hydrogens (tertiary/aromatic N) is 2. The third-order valence-corrected chi connectivity index (χ3v) is 4.07. The Kier molecular flexibility index (Phi) is 3.12. The van der Waals surface area contributed by atoms with Crippen LogP contribution in [0.1, 0.15) is 28.9 Å². The lowest BCUT2D eigenvalue weighted by atomic mass is 10.0. The van der Waals surface area contributed by atoms with E-state index in [1.165, 1.54) is 0 Å². The van der Waals surface area contributed by atoms with E-state index in [9.17, 15) is 4.79 Å². The third kappa shape index (κ3) is 2.26. The van der Waals surface area contributed by atoms with Crippen LogP contribution in [0.5, 0.6) is 0 Å². The van der Waals surface area contributed by atoms with Gasteiger partial charge in [0, 0.05) is 46.3 Å². The molecule has 0 aliphatic carbocycles. The fourth-order valence-electron chi connectivity index (χ4n) is 2.99. The summed E-state index contributed by atoms with van der Waals surface area (Å²) in [5.74, 6) is -0.0734. The van der Waals surface area contributed by atoms with Gasteiger partial charge in [0.2, 0.25) is 0 Å². The fourth-order valence-corrected chi connectivity index (χ4v) is 2.99. The molecule has 1 aliphatic rings. The number of nitrogens with one attached hydrogen (secondary N) is 2. The van der Waals surface area contributed by atoms with Gasteiger partial charge in [-0.25, -0.2) is 5.01 Å². The number of pyridine rings is 1. The maximum atomic E-state index is 12.8. The Morgan fingerprint density at radius 2 is 1.96 bits per heavy atom. The maximum absolute atomic E-state index is 12.8. The van der Waals surface area contributed by atoms with Crippen molar-refractivity contribution in [3.05, 3.63) is 77.9 Å². The predicted molar refractivity (Wildman–Crippen MR) is 88.3 cm³/mol. The highest BCUT2D eigenvalue weighted by Gasteiger charge is 2.31. The normalized spacial score (nSPS) is 17.2. The number of carbonyl (C=O) groups is 1. The molecule has 5 heteroatoms. The molecule has 0 fully saturated rings. The van der Waals surface area contributed by atoms with Gasteiger partial charge in [0.1, 0.15) is 6.04 Å². The molecule has 0 saturated heterocycles. The molecule has 2 N–H and O–H groups in total. The number of para-hydroxylation sites is 1. The van der Waals surface area contributed by atoms with E-state index in [0.717, 1.165) is 22.2 Å². The number of aromatic amines is 1. The highest BCUT2D eigenvalue weighted by Crippen LogP contribution is 2.33. The number of aromatic nitrogens is 2. The second-order valence-corrected chi connectivity index (χ2v) is 5.61. The monoisotopic (exact) mass is 304 g/mol. The topological polar surface area (TPSA) is 61.0 Å². The van der Waals surface area contributed by atoms with Crippen LogP contribution in [0, 0.1) is 0 Å². The van der Waals surface area contributed by atoms with Crippen LogP contribution in [0.3, 0.4) is 0 Å². The van der Waals surface area contributed by atoms with Crippen molar-refractivity contribution in [1.29, 1.82) is 0 Å². The summed E-state index contributed by atoms with van der Waals surface area (Å²) >= 11 is 0. The lowest BCUT2D eigenvalue weighted by molar-refractivity contribution is 0.0662. The van der Waals surface area contributed by atoms with Crippen molar-refractivity contribution in [2.45, 2.75) is 13.0 Å². The second-order valence-electron chi connectivity index (χ2n) is 5.61. The molecule has 2 aromatic heterocycles. The van der Waals surface area contributed by atoms with Crippen molar-refractivity contribution in [1.82, 2.24) is 20.4 Å². The van der Waals surface area contributed by atoms with Crippen LogP contribution in [-0.2, 0) is 0 Å². The standard InChI is InChI=1S/C18H16N4O/c1-12-10-17(15-11-20-16-5-3-2-4-14(15)16)22(21-12)18(23)13-6-8-19-9-7-13/h2-11,17,20-21H,1H3. The molecule has 1 aromatic carbocycles. The Hall–Kier alpha value is -3.08. The average Bonchev–Trinajstić information content (AvgIpc) is 3.18. The maximum Gasteiger partial charge on any atom is 0.273 e. The molecule has 1 aliphatic heterocycles. The van der Waals surface area contributed by atoms with Gasteiger partial charge < -0.3 is 4.98 Å². The number of allylic oxidation sites excluding steroid dienone is 1. The minimum Gasteiger partial charge on any atom is -0.361 e. The van der Waals surface area contributed by atoms with Gasteiger partial charge in [-0.3, -0.25) is 15.2 Å². The van der Waals surface area contributed by atoms with E-state index in [-0.39, 0.29) is 11.9 Å². The molecule has 3 aromatic rings. The van der Waals surface area contributed by atoms with Crippen molar-refractivity contribution < 1.29 is 4.79 Å². The Morgan fingerprint density at radius 3 is 2.78 bits per heavy atom. The smallest absolute Gasteiger partial charge is 0.273 e. The zero-order chi connectivity index (χ0) is 15.8. The van der Waals surface area contributed by atoms with Crippen LogP contribution >= 0.6 is 0 Å². The summed E-state index contributed by atoms with van der Waals surface area (Å²) in [6.45, 7) is 1.96. The number of fused-ring (bicyclic) bond motifs is 1. The molecule has 0 spiro atoms. The van der Waals surface area contributed by atoms with Crippen molar-refractivity contribution in [3.8, 4) is 0 Å². The van der Waals surface area contributed by atoms with Gasteiger partial charge in [0.15, 0.2) is 0 Å². The average molecular weight is 304 g/mol. The summed E-state index contributed by atoms with van der Waals surface area (Å²) < 4.78 is 0. The SMILES string of the molecule is CC1=CC(c2c[nH]c3ccccc23)N(C(=O)c2ccncc2)N1. The van der Waals surface area contributed by atoms with Gasteiger partial charge >= 0.3 is 0 Å². The Balaban J connectivity index is 1.75. The number of hydrogen-bond acceptors (Lipinski definition) is 3. The quantitative estimate of drug-likeness (QED) is 0.764. The number of amides is 1. The van der Waals surface area contributed by atoms with Gasteiger partial charge in [-0.2, -0.15) is 0 Å². The summed E-state index contributed by atoms with van der Waals surface area (Å²) in [5, 5.41) is 2.79. The van der Waals surface area contributed by atoms with Crippen molar-refractivity contribution >= 4 is 16.8 Å². The molecule has 4 rings (SSSR count). The number of carbonyl (C=O) groups excluding carboxylic acids is 1.